The van der Waals surface area contributed by atoms with Crippen molar-refractivity contribution >= 4 is 5.69 Å². The van der Waals surface area contributed by atoms with Gasteiger partial charge in [0.05, 0.1) is 4.92 Å². The SMILES string of the molecule is O=[N+]([O-])c1cccc(CN2CCN([C@H]3C[C@@H]4CC[C@@H]3C4)CC2)c1. The smallest absolute Gasteiger partial charge is 0.269 e. The molecule has 2 aliphatic carbocycles. The van der Waals surface area contributed by atoms with Gasteiger partial charge >= 0.3 is 0 Å². The lowest BCUT2D eigenvalue weighted by Crippen LogP contribution is -2.51. The van der Waals surface area contributed by atoms with Crippen molar-refractivity contribution in [2.45, 2.75) is 38.3 Å². The molecule has 1 aromatic rings. The van der Waals surface area contributed by atoms with E-state index in [1.165, 1.54) is 25.7 Å². The minimum absolute atomic E-state index is 0.197. The van der Waals surface area contributed by atoms with Crippen LogP contribution in [0.3, 0.4) is 0 Å². The first-order valence-electron chi connectivity index (χ1n) is 8.89. The summed E-state index contributed by atoms with van der Waals surface area (Å²) in [5.74, 6) is 1.97. The van der Waals surface area contributed by atoms with Gasteiger partial charge in [-0.2, -0.15) is 0 Å². The maximum Gasteiger partial charge on any atom is 0.269 e. The average molecular weight is 315 g/mol. The summed E-state index contributed by atoms with van der Waals surface area (Å²) in [5.41, 5.74) is 1.25. The van der Waals surface area contributed by atoms with Crippen LogP contribution in [0.4, 0.5) is 5.69 Å². The Labute approximate surface area is 137 Å². The molecule has 23 heavy (non-hydrogen) atoms. The van der Waals surface area contributed by atoms with E-state index in [1.54, 1.807) is 18.2 Å². The lowest BCUT2D eigenvalue weighted by atomic mass is 9.93. The first kappa shape index (κ1) is 15.1. The molecule has 0 radical (unpaired) electrons. The van der Waals surface area contributed by atoms with Crippen LogP contribution in [0.15, 0.2) is 24.3 Å². The van der Waals surface area contributed by atoms with Crippen molar-refractivity contribution in [3.05, 3.63) is 39.9 Å². The predicted molar refractivity (Wildman–Crippen MR) is 89.2 cm³/mol. The summed E-state index contributed by atoms with van der Waals surface area (Å²) in [6, 6.07) is 7.90. The molecule has 5 nitrogen and oxygen atoms in total. The van der Waals surface area contributed by atoms with Crippen LogP contribution in [0.5, 0.6) is 0 Å². The Morgan fingerprint density at radius 2 is 1.96 bits per heavy atom. The zero-order valence-electron chi connectivity index (χ0n) is 13.6. The summed E-state index contributed by atoms with van der Waals surface area (Å²) in [4.78, 5) is 15.7. The fourth-order valence-corrected chi connectivity index (χ4v) is 4.94. The van der Waals surface area contributed by atoms with Crippen LogP contribution in [0.2, 0.25) is 0 Å². The maximum atomic E-state index is 10.9. The van der Waals surface area contributed by atoms with E-state index < -0.39 is 0 Å². The zero-order valence-corrected chi connectivity index (χ0v) is 13.6. The van der Waals surface area contributed by atoms with Gasteiger partial charge in [-0.25, -0.2) is 0 Å². The van der Waals surface area contributed by atoms with Crippen LogP contribution in [0.25, 0.3) is 0 Å². The van der Waals surface area contributed by atoms with Crippen LogP contribution in [0, 0.1) is 22.0 Å². The van der Waals surface area contributed by atoms with Gasteiger partial charge in [0.1, 0.15) is 0 Å². The van der Waals surface area contributed by atoms with Crippen molar-refractivity contribution < 1.29 is 4.92 Å². The molecule has 124 valence electrons. The molecular formula is C18H25N3O2. The van der Waals surface area contributed by atoms with E-state index in [1.807, 2.05) is 6.07 Å². The van der Waals surface area contributed by atoms with E-state index >= 15 is 0 Å². The van der Waals surface area contributed by atoms with Crippen LogP contribution < -0.4 is 0 Å². The summed E-state index contributed by atoms with van der Waals surface area (Å²) in [5, 5.41) is 10.9. The van der Waals surface area contributed by atoms with Gasteiger partial charge in [-0.3, -0.25) is 19.9 Å². The van der Waals surface area contributed by atoms with Crippen molar-refractivity contribution in [1.29, 1.82) is 0 Å². The molecule has 1 saturated heterocycles. The van der Waals surface area contributed by atoms with Gasteiger partial charge in [-0.1, -0.05) is 18.6 Å². The first-order valence-corrected chi connectivity index (χ1v) is 8.89. The molecule has 3 aliphatic rings. The molecule has 3 atom stereocenters. The van der Waals surface area contributed by atoms with E-state index in [-0.39, 0.29) is 10.6 Å². The highest BCUT2D eigenvalue weighted by molar-refractivity contribution is 5.34. The number of nitrogens with zero attached hydrogens (tertiary/aromatic N) is 3. The summed E-state index contributed by atoms with van der Waals surface area (Å²) < 4.78 is 0. The molecule has 0 amide bonds. The average Bonchev–Trinajstić information content (AvgIpc) is 3.19. The van der Waals surface area contributed by atoms with Gasteiger partial charge in [0.2, 0.25) is 0 Å². The number of nitro benzene ring substituents is 1. The zero-order chi connectivity index (χ0) is 15.8. The third-order valence-corrected chi connectivity index (χ3v) is 6.10. The number of hydrogen-bond acceptors (Lipinski definition) is 4. The van der Waals surface area contributed by atoms with Gasteiger partial charge in [0.25, 0.3) is 5.69 Å². The molecular weight excluding hydrogens is 290 g/mol. The molecule has 0 aromatic heterocycles. The van der Waals surface area contributed by atoms with E-state index in [4.69, 9.17) is 0 Å². The van der Waals surface area contributed by atoms with Gasteiger partial charge in [-0.05, 0) is 36.7 Å². The van der Waals surface area contributed by atoms with Gasteiger partial charge < -0.3 is 0 Å². The summed E-state index contributed by atoms with van der Waals surface area (Å²) in [7, 11) is 0. The Bertz CT molecular complexity index is 583. The van der Waals surface area contributed by atoms with Crippen LogP contribution in [0.1, 0.15) is 31.2 Å². The molecule has 5 heteroatoms. The van der Waals surface area contributed by atoms with Crippen molar-refractivity contribution in [3.63, 3.8) is 0 Å². The number of non-ortho nitro benzene ring substituents is 1. The van der Waals surface area contributed by atoms with E-state index in [0.717, 1.165) is 56.2 Å². The molecule has 2 saturated carbocycles. The third-order valence-electron chi connectivity index (χ3n) is 6.10. The van der Waals surface area contributed by atoms with Gasteiger partial charge in [-0.15, -0.1) is 0 Å². The monoisotopic (exact) mass is 315 g/mol. The van der Waals surface area contributed by atoms with Crippen LogP contribution in [-0.4, -0.2) is 46.9 Å². The molecule has 3 fully saturated rings. The Morgan fingerprint density at radius 3 is 2.61 bits per heavy atom. The molecule has 0 unspecified atom stereocenters. The quantitative estimate of drug-likeness (QED) is 0.633. The van der Waals surface area contributed by atoms with Crippen molar-refractivity contribution in [1.82, 2.24) is 9.80 Å². The Balaban J connectivity index is 1.31. The molecule has 4 rings (SSSR count). The van der Waals surface area contributed by atoms with Crippen LogP contribution >= 0.6 is 0 Å². The predicted octanol–water partition coefficient (Wildman–Crippen LogP) is 2.90. The molecule has 0 spiro atoms. The molecule has 1 aliphatic heterocycles. The Kier molecular flexibility index (Phi) is 4.07. The van der Waals surface area contributed by atoms with E-state index in [2.05, 4.69) is 9.80 Å². The minimum atomic E-state index is -0.309. The first-order chi connectivity index (χ1) is 11.2. The highest BCUT2D eigenvalue weighted by Gasteiger charge is 2.42. The number of hydrogen-bond donors (Lipinski definition) is 0. The minimum Gasteiger partial charge on any atom is -0.298 e. The standard InChI is InChI=1S/C18H25N3O2/c22-21(23)17-3-1-2-15(11-17)13-19-6-8-20(9-7-19)18-12-14-4-5-16(18)10-14/h1-3,11,14,16,18H,4-10,12-13H2/t14-,16-,18+/m1/s1. The number of piperazine rings is 1. The summed E-state index contributed by atoms with van der Waals surface area (Å²) in [6.07, 6.45) is 5.81. The van der Waals surface area contributed by atoms with Crippen molar-refractivity contribution in [2.75, 3.05) is 26.2 Å². The van der Waals surface area contributed by atoms with E-state index in [0.29, 0.717) is 0 Å². The van der Waals surface area contributed by atoms with E-state index in [9.17, 15) is 10.1 Å². The Morgan fingerprint density at radius 1 is 1.13 bits per heavy atom. The molecule has 1 aromatic carbocycles. The number of nitro groups is 1. The molecule has 1 heterocycles. The second-order valence-corrected chi connectivity index (χ2v) is 7.48. The highest BCUT2D eigenvalue weighted by atomic mass is 16.6. The lowest BCUT2D eigenvalue weighted by molar-refractivity contribution is -0.384. The third kappa shape index (κ3) is 3.12. The number of rotatable bonds is 4. The molecule has 0 N–H and O–H groups in total. The van der Waals surface area contributed by atoms with Crippen LogP contribution in [-0.2, 0) is 6.54 Å². The fourth-order valence-electron chi connectivity index (χ4n) is 4.94. The number of fused-ring (bicyclic) bond motifs is 2. The highest BCUT2D eigenvalue weighted by Crippen LogP contribution is 2.46. The topological polar surface area (TPSA) is 49.6 Å². The summed E-state index contributed by atoms with van der Waals surface area (Å²) >= 11 is 0. The summed E-state index contributed by atoms with van der Waals surface area (Å²) in [6.45, 7) is 5.30. The normalized spacial score (nSPS) is 31.6. The second-order valence-electron chi connectivity index (χ2n) is 7.48. The van der Waals surface area contributed by atoms with Crippen molar-refractivity contribution in [2.24, 2.45) is 11.8 Å². The Hall–Kier alpha value is -1.46. The largest absolute Gasteiger partial charge is 0.298 e. The van der Waals surface area contributed by atoms with Crippen molar-refractivity contribution in [3.8, 4) is 0 Å². The van der Waals surface area contributed by atoms with Gasteiger partial charge in [0.15, 0.2) is 0 Å². The number of benzene rings is 1. The van der Waals surface area contributed by atoms with Gasteiger partial charge in [0, 0.05) is 50.9 Å². The maximum absolute atomic E-state index is 10.9. The lowest BCUT2D eigenvalue weighted by Gasteiger charge is -2.41. The second kappa shape index (κ2) is 6.21. The molecule has 2 bridgehead atoms. The fraction of sp³-hybridized carbons (Fsp3) is 0.667.